The van der Waals surface area contributed by atoms with E-state index in [1.54, 1.807) is 0 Å². The molecule has 0 saturated heterocycles. The number of benzene rings is 20. The van der Waals surface area contributed by atoms with Gasteiger partial charge in [0.05, 0.1) is 38.7 Å². The highest BCUT2D eigenvalue weighted by Crippen LogP contribution is 2.68. The quantitative estimate of drug-likeness (QED) is 0.144. The van der Waals surface area contributed by atoms with Crippen molar-refractivity contribution in [1.82, 2.24) is 0 Å². The molecule has 2 aliphatic heterocycles. The molecule has 1 atom stereocenters. The van der Waals surface area contributed by atoms with E-state index in [4.69, 9.17) is 9.15 Å². The zero-order valence-electron chi connectivity index (χ0n) is 69.9. The SMILES string of the molecule is CC1(C)c2cc(N(c3ccc4c(c3)C3(c5ccccc5S4)c4ccccc4-c4ccccc43)c3cccc4sc5ccccc5c34)ccc2-c2ccc3cc(-c4ccc(C5(c6ccccc6)c6cc7ccccc7cc6-c6c(N(c7ccc8c(c7)C7(c9ccccc9O8)c8ccccc8-c8ccccc87)c7cccc8oc9ccccc9c78)cccc65)cc4)ccc3c21. The van der Waals surface area contributed by atoms with E-state index in [1.807, 2.05) is 23.1 Å². The Morgan fingerprint density at radius 1 is 0.258 bits per heavy atom. The van der Waals surface area contributed by atoms with Gasteiger partial charge in [0, 0.05) is 74.5 Å². The van der Waals surface area contributed by atoms with Crippen LogP contribution in [0.25, 0.3) is 119 Å². The van der Waals surface area contributed by atoms with Crippen molar-refractivity contribution in [2.45, 2.75) is 45.3 Å². The minimum absolute atomic E-state index is 0.378. The van der Waals surface area contributed by atoms with E-state index in [9.17, 15) is 0 Å². The smallest absolute Gasteiger partial charge is 0.137 e. The highest BCUT2D eigenvalue weighted by Gasteiger charge is 2.54. The highest BCUT2D eigenvalue weighted by molar-refractivity contribution is 7.99. The van der Waals surface area contributed by atoms with Crippen LogP contribution in [0.5, 0.6) is 11.5 Å². The Labute approximate surface area is 749 Å². The van der Waals surface area contributed by atoms with Crippen molar-refractivity contribution in [2.75, 3.05) is 9.80 Å². The standard InChI is InChI=1S/C122H76N2O2S2/c1-119(2)100-70-80(123(106-46-26-52-114-117(106)91-36-13-22-50-111(91)127-114)81-61-66-113-103(72-81)122(98-42-19-23-51-112(98)128-113)95-39-16-10-33-86(95)87-34-11-17-40-96(87)122)59-64-88(100)89-63-56-77-67-76(55-62-83(77)118(89)119)73-53-57-79(58-54-73)120(78-29-4-3-5-30-78)99-43-24-44-104(115(99)92-68-74-27-6-7-28-75(74)69-101(92)120)124(105-45-25-49-110-116(105)90-35-12-20-47-107(90)125-110)82-60-65-109-102(71-82)121(97-41-18-21-48-108(97)126-109)93-37-14-8-31-84(93)85-32-9-15-38-94(85)121/h3-72H,1-2H3. The fourth-order valence-electron chi connectivity index (χ4n) is 24.3. The van der Waals surface area contributed by atoms with Crippen LogP contribution in [0, 0.1) is 0 Å². The number of fused-ring (bicyclic) bond motifs is 33. The van der Waals surface area contributed by atoms with Crippen LogP contribution in [0.2, 0.25) is 0 Å². The van der Waals surface area contributed by atoms with Gasteiger partial charge in [-0.3, -0.25) is 0 Å². The molecule has 0 fully saturated rings. The van der Waals surface area contributed by atoms with E-state index in [0.717, 1.165) is 89.8 Å². The van der Waals surface area contributed by atoms with E-state index in [2.05, 4.69) is 448 Å². The van der Waals surface area contributed by atoms with Crippen molar-refractivity contribution in [1.29, 1.82) is 0 Å². The minimum atomic E-state index is -0.795. The number of anilines is 6. The molecular formula is C122H76N2O2S2. The van der Waals surface area contributed by atoms with Crippen LogP contribution in [0.4, 0.5) is 34.1 Å². The van der Waals surface area contributed by atoms with Gasteiger partial charge >= 0.3 is 0 Å². The molecule has 28 rings (SSSR count). The van der Waals surface area contributed by atoms with Crippen molar-refractivity contribution in [3.63, 3.8) is 0 Å². The molecule has 0 bridgehead atoms. The van der Waals surface area contributed by atoms with E-state index in [0.29, 0.717) is 0 Å². The van der Waals surface area contributed by atoms with Gasteiger partial charge in [-0.15, -0.1) is 11.3 Å². The average molecular weight is 1670 g/mol. The fraction of sp³-hybridized carbons (Fsp3) is 0.0492. The third kappa shape index (κ3) is 9.59. The van der Waals surface area contributed by atoms with Crippen LogP contribution < -0.4 is 14.5 Å². The number of hydrogen-bond donors (Lipinski definition) is 0. The molecule has 2 spiro atoms. The Bertz CT molecular complexity index is 8510. The maximum atomic E-state index is 7.18. The molecule has 22 aromatic rings. The lowest BCUT2D eigenvalue weighted by Gasteiger charge is -2.40. The van der Waals surface area contributed by atoms with Gasteiger partial charge in [0.2, 0.25) is 0 Å². The Hall–Kier alpha value is -15.3. The number of nitrogens with zero attached hydrogens (tertiary/aromatic N) is 2. The fourth-order valence-corrected chi connectivity index (χ4v) is 26.6. The van der Waals surface area contributed by atoms with Crippen LogP contribution >= 0.6 is 23.1 Å². The first kappa shape index (κ1) is 72.0. The molecule has 1 unspecified atom stereocenters. The molecule has 20 aromatic carbocycles. The monoisotopic (exact) mass is 1660 g/mol. The Balaban J connectivity index is 0.588. The van der Waals surface area contributed by atoms with Gasteiger partial charge in [0.1, 0.15) is 22.7 Å². The maximum absolute atomic E-state index is 7.18. The van der Waals surface area contributed by atoms with Crippen molar-refractivity contribution < 1.29 is 9.15 Å². The van der Waals surface area contributed by atoms with Gasteiger partial charge in [-0.05, 0) is 260 Å². The zero-order valence-corrected chi connectivity index (χ0v) is 71.6. The molecule has 4 aliphatic carbocycles. The summed E-state index contributed by atoms with van der Waals surface area (Å²) in [6.07, 6.45) is 0. The van der Waals surface area contributed by atoms with Gasteiger partial charge < -0.3 is 19.0 Å². The summed E-state index contributed by atoms with van der Waals surface area (Å²) in [5.74, 6) is 1.69. The lowest BCUT2D eigenvalue weighted by atomic mass is 9.66. The van der Waals surface area contributed by atoms with Crippen molar-refractivity contribution >= 4 is 121 Å². The molecule has 0 saturated carbocycles. The summed E-state index contributed by atoms with van der Waals surface area (Å²) < 4.78 is 16.6. The summed E-state index contributed by atoms with van der Waals surface area (Å²) in [6.45, 7) is 4.91. The first-order valence-corrected chi connectivity index (χ1v) is 46.0. The molecule has 6 heteroatoms. The zero-order chi connectivity index (χ0) is 84.0. The largest absolute Gasteiger partial charge is 0.457 e. The molecular weight excluding hydrogens is 1590 g/mol. The number of furan rings is 1. The van der Waals surface area contributed by atoms with Crippen LogP contribution in [0.3, 0.4) is 0 Å². The number of ether oxygens (including phenoxy) is 1. The van der Waals surface area contributed by atoms with Gasteiger partial charge in [-0.25, -0.2) is 0 Å². The number of hydrogen-bond acceptors (Lipinski definition) is 6. The summed E-state index contributed by atoms with van der Waals surface area (Å²) in [5.41, 5.74) is 35.5. The van der Waals surface area contributed by atoms with E-state index < -0.39 is 16.2 Å². The lowest BCUT2D eigenvalue weighted by Crippen LogP contribution is -2.32. The van der Waals surface area contributed by atoms with Gasteiger partial charge in [0.25, 0.3) is 0 Å². The van der Waals surface area contributed by atoms with E-state index in [1.165, 1.54) is 163 Å². The molecule has 6 aliphatic rings. The van der Waals surface area contributed by atoms with Crippen LogP contribution in [0.1, 0.15) is 91.7 Å². The molecule has 0 radical (unpaired) electrons. The topological polar surface area (TPSA) is 28.9 Å². The molecule has 2 aromatic heterocycles. The van der Waals surface area contributed by atoms with Crippen molar-refractivity contribution in [2.24, 2.45) is 0 Å². The summed E-state index contributed by atoms with van der Waals surface area (Å²) in [4.78, 5) is 7.70. The molecule has 128 heavy (non-hydrogen) atoms. The first-order valence-electron chi connectivity index (χ1n) is 44.4. The second-order valence-electron chi connectivity index (χ2n) is 35.8. The molecule has 0 N–H and O–H groups in total. The summed E-state index contributed by atoms with van der Waals surface area (Å²) >= 11 is 3.78. The van der Waals surface area contributed by atoms with Gasteiger partial charge in [-0.2, -0.15) is 0 Å². The third-order valence-electron chi connectivity index (χ3n) is 29.4. The van der Waals surface area contributed by atoms with Crippen LogP contribution in [-0.2, 0) is 21.7 Å². The third-order valence-corrected chi connectivity index (χ3v) is 31.7. The van der Waals surface area contributed by atoms with Crippen molar-refractivity contribution in [3.8, 4) is 67.1 Å². The first-order chi connectivity index (χ1) is 63.2. The normalized spacial score (nSPS) is 15.4. The summed E-state index contributed by atoms with van der Waals surface area (Å²) in [5, 5.41) is 9.48. The Kier molecular flexibility index (Phi) is 15.0. The number of para-hydroxylation sites is 2. The van der Waals surface area contributed by atoms with E-state index >= 15 is 0 Å². The number of thiophene rings is 1. The Morgan fingerprint density at radius 2 is 0.773 bits per heavy atom. The number of rotatable bonds is 9. The van der Waals surface area contributed by atoms with Crippen LogP contribution in [-0.4, -0.2) is 0 Å². The van der Waals surface area contributed by atoms with E-state index in [-0.39, 0.29) is 5.41 Å². The molecule has 0 amide bonds. The predicted molar refractivity (Wildman–Crippen MR) is 530 cm³/mol. The summed E-state index contributed by atoms with van der Waals surface area (Å²) in [7, 11) is 0. The molecule has 598 valence electrons. The van der Waals surface area contributed by atoms with Crippen molar-refractivity contribution in [3.05, 3.63) is 503 Å². The molecule has 4 nitrogen and oxygen atoms in total. The highest BCUT2D eigenvalue weighted by atomic mass is 32.2. The van der Waals surface area contributed by atoms with Crippen LogP contribution in [0.15, 0.2) is 439 Å². The lowest BCUT2D eigenvalue weighted by molar-refractivity contribution is 0.436. The summed E-state index contributed by atoms with van der Waals surface area (Å²) in [6, 6.07) is 161. The minimum Gasteiger partial charge on any atom is -0.457 e. The average Bonchev–Trinajstić information content (AvgIpc) is 1.50. The Morgan fingerprint density at radius 3 is 1.53 bits per heavy atom. The van der Waals surface area contributed by atoms with Gasteiger partial charge in [0.15, 0.2) is 0 Å². The predicted octanol–water partition coefficient (Wildman–Crippen LogP) is 32.8. The maximum Gasteiger partial charge on any atom is 0.137 e. The second kappa shape index (κ2) is 26.6. The second-order valence-corrected chi connectivity index (χ2v) is 38.0. The molecule has 4 heterocycles. The van der Waals surface area contributed by atoms with Gasteiger partial charge in [-0.1, -0.05) is 329 Å².